The third-order valence-corrected chi connectivity index (χ3v) is 5.38. The van der Waals surface area contributed by atoms with Gasteiger partial charge in [0.1, 0.15) is 17.5 Å². The fourth-order valence-electron chi connectivity index (χ4n) is 3.45. The summed E-state index contributed by atoms with van der Waals surface area (Å²) in [6.45, 7) is 0. The topological polar surface area (TPSA) is 90.7 Å². The van der Waals surface area contributed by atoms with Gasteiger partial charge in [0.2, 0.25) is 0 Å². The van der Waals surface area contributed by atoms with Crippen molar-refractivity contribution in [1.29, 1.82) is 0 Å². The molecule has 0 spiro atoms. The largest absolute Gasteiger partial charge is 0.468 e. The molecule has 0 fully saturated rings. The average molecular weight is 449 g/mol. The summed E-state index contributed by atoms with van der Waals surface area (Å²) in [5.74, 6) is 0.488. The number of nitrogens with two attached hydrogens (primary N) is 1. The van der Waals surface area contributed by atoms with Crippen molar-refractivity contribution in [1.82, 2.24) is 0 Å². The minimum atomic E-state index is -0.711. The van der Waals surface area contributed by atoms with E-state index >= 15 is 0 Å². The SMILES string of the molecule is COC(=O)C(N)Cc1ccc(Oc2ccc(C=C3C(=O)Nc4ccccc43)cc2Cl)cc1. The maximum absolute atomic E-state index is 12.3. The number of para-hydroxylation sites is 1. The number of esters is 1. The molecule has 4 rings (SSSR count). The summed E-state index contributed by atoms with van der Waals surface area (Å²) in [5, 5.41) is 3.27. The van der Waals surface area contributed by atoms with Crippen LogP contribution in [-0.4, -0.2) is 25.0 Å². The van der Waals surface area contributed by atoms with E-state index in [-0.39, 0.29) is 5.91 Å². The lowest BCUT2D eigenvalue weighted by Crippen LogP contribution is -2.33. The highest BCUT2D eigenvalue weighted by atomic mass is 35.5. The number of ether oxygens (including phenoxy) is 2. The zero-order chi connectivity index (χ0) is 22.7. The second-order valence-electron chi connectivity index (χ2n) is 7.33. The molecule has 1 unspecified atom stereocenters. The molecule has 6 nitrogen and oxygen atoms in total. The van der Waals surface area contributed by atoms with Gasteiger partial charge in [-0.05, 0) is 54.0 Å². The van der Waals surface area contributed by atoms with Crippen molar-refractivity contribution in [3.63, 3.8) is 0 Å². The van der Waals surface area contributed by atoms with Crippen LogP contribution in [0.15, 0.2) is 66.7 Å². The van der Waals surface area contributed by atoms with E-state index in [1.807, 2.05) is 42.5 Å². The lowest BCUT2D eigenvalue weighted by atomic mass is 10.0. The van der Waals surface area contributed by atoms with E-state index in [1.54, 1.807) is 30.3 Å². The first-order valence-corrected chi connectivity index (χ1v) is 10.3. The number of carbonyl (C=O) groups is 2. The molecule has 1 amide bonds. The predicted octanol–water partition coefficient (Wildman–Crippen LogP) is 4.67. The molecule has 162 valence electrons. The molecule has 3 aromatic carbocycles. The standard InChI is InChI=1S/C25H21ClN2O4/c1-31-25(30)21(27)14-15-6-9-17(10-7-15)32-23-11-8-16(13-20(23)26)12-19-18-4-2-3-5-22(18)28-24(19)29/h2-13,21H,14,27H2,1H3,(H,28,29). The van der Waals surface area contributed by atoms with Crippen LogP contribution in [0.4, 0.5) is 5.69 Å². The third kappa shape index (κ3) is 4.66. The van der Waals surface area contributed by atoms with E-state index in [0.717, 1.165) is 22.4 Å². The van der Waals surface area contributed by atoms with Gasteiger partial charge >= 0.3 is 5.97 Å². The van der Waals surface area contributed by atoms with Gasteiger partial charge in [0.15, 0.2) is 0 Å². The smallest absolute Gasteiger partial charge is 0.322 e. The summed E-state index contributed by atoms with van der Waals surface area (Å²) in [7, 11) is 1.31. The van der Waals surface area contributed by atoms with Gasteiger partial charge in [-0.15, -0.1) is 0 Å². The average Bonchev–Trinajstić information content (AvgIpc) is 3.11. The molecule has 7 heteroatoms. The monoisotopic (exact) mass is 448 g/mol. The molecule has 1 aliphatic heterocycles. The Bertz CT molecular complexity index is 1200. The zero-order valence-corrected chi connectivity index (χ0v) is 18.1. The Morgan fingerprint density at radius 1 is 1.12 bits per heavy atom. The number of anilines is 1. The van der Waals surface area contributed by atoms with Crippen LogP contribution in [0.1, 0.15) is 16.7 Å². The molecule has 0 bridgehead atoms. The van der Waals surface area contributed by atoms with Crippen molar-refractivity contribution in [3.8, 4) is 11.5 Å². The van der Waals surface area contributed by atoms with Crippen molar-refractivity contribution < 1.29 is 19.1 Å². The van der Waals surface area contributed by atoms with E-state index in [4.69, 9.17) is 22.1 Å². The number of halogens is 1. The van der Waals surface area contributed by atoms with Crippen molar-refractivity contribution in [2.45, 2.75) is 12.5 Å². The Balaban J connectivity index is 1.48. The first kappa shape index (κ1) is 21.6. The number of rotatable bonds is 6. The van der Waals surface area contributed by atoms with Gasteiger partial charge in [-0.1, -0.05) is 48.0 Å². The molecular formula is C25H21ClN2O4. The predicted molar refractivity (Wildman–Crippen MR) is 125 cm³/mol. The van der Waals surface area contributed by atoms with Crippen molar-refractivity contribution >= 4 is 40.8 Å². The molecule has 3 N–H and O–H groups in total. The minimum Gasteiger partial charge on any atom is -0.468 e. The molecule has 0 aliphatic carbocycles. The van der Waals surface area contributed by atoms with Crippen LogP contribution in [0.3, 0.4) is 0 Å². The van der Waals surface area contributed by atoms with E-state index < -0.39 is 12.0 Å². The Hall–Kier alpha value is -3.61. The van der Waals surface area contributed by atoms with E-state index in [0.29, 0.717) is 28.5 Å². The fraction of sp³-hybridized carbons (Fsp3) is 0.120. The maximum Gasteiger partial charge on any atom is 0.322 e. The van der Waals surface area contributed by atoms with Crippen LogP contribution in [0, 0.1) is 0 Å². The second kappa shape index (κ2) is 9.26. The fourth-order valence-corrected chi connectivity index (χ4v) is 3.68. The van der Waals surface area contributed by atoms with Crippen molar-refractivity contribution in [2.24, 2.45) is 5.73 Å². The molecule has 0 radical (unpaired) electrons. The number of fused-ring (bicyclic) bond motifs is 1. The molecule has 0 saturated heterocycles. The Morgan fingerprint density at radius 2 is 1.88 bits per heavy atom. The normalized spacial score (nSPS) is 14.6. The molecule has 1 aliphatic rings. The van der Waals surface area contributed by atoms with Crippen molar-refractivity contribution in [2.75, 3.05) is 12.4 Å². The minimum absolute atomic E-state index is 0.144. The second-order valence-corrected chi connectivity index (χ2v) is 7.73. The number of carbonyl (C=O) groups excluding carboxylic acids is 2. The van der Waals surface area contributed by atoms with Gasteiger partial charge in [-0.25, -0.2) is 0 Å². The van der Waals surface area contributed by atoms with Gasteiger partial charge in [-0.2, -0.15) is 0 Å². The number of nitrogens with one attached hydrogen (secondary N) is 1. The first-order chi connectivity index (χ1) is 15.4. The van der Waals surface area contributed by atoms with Crippen LogP contribution in [0.5, 0.6) is 11.5 Å². The Kier molecular flexibility index (Phi) is 6.25. The number of hydrogen-bond acceptors (Lipinski definition) is 5. The van der Waals surface area contributed by atoms with Gasteiger partial charge in [0.25, 0.3) is 5.91 Å². The zero-order valence-electron chi connectivity index (χ0n) is 17.3. The summed E-state index contributed by atoms with van der Waals surface area (Å²) in [4.78, 5) is 23.8. The summed E-state index contributed by atoms with van der Waals surface area (Å²) in [6, 6.07) is 19.4. The number of amides is 1. The van der Waals surface area contributed by atoms with Gasteiger partial charge in [0.05, 0.1) is 12.1 Å². The lowest BCUT2D eigenvalue weighted by molar-refractivity contribution is -0.142. The molecular weight excluding hydrogens is 428 g/mol. The van der Waals surface area contributed by atoms with Gasteiger partial charge in [0, 0.05) is 16.8 Å². The molecule has 32 heavy (non-hydrogen) atoms. The van der Waals surface area contributed by atoms with Crippen LogP contribution < -0.4 is 15.8 Å². The summed E-state index contributed by atoms with van der Waals surface area (Å²) in [6.07, 6.45) is 2.17. The van der Waals surface area contributed by atoms with E-state index in [1.165, 1.54) is 7.11 Å². The number of methoxy groups -OCH3 is 1. The highest BCUT2D eigenvalue weighted by Gasteiger charge is 2.23. The van der Waals surface area contributed by atoms with Gasteiger partial charge in [-0.3, -0.25) is 9.59 Å². The van der Waals surface area contributed by atoms with E-state index in [9.17, 15) is 9.59 Å². The number of benzene rings is 3. The maximum atomic E-state index is 12.3. The highest BCUT2D eigenvalue weighted by molar-refractivity contribution is 6.35. The van der Waals surface area contributed by atoms with Crippen LogP contribution in [0.2, 0.25) is 5.02 Å². The Morgan fingerprint density at radius 3 is 2.59 bits per heavy atom. The van der Waals surface area contributed by atoms with Crippen molar-refractivity contribution in [3.05, 3.63) is 88.4 Å². The third-order valence-electron chi connectivity index (χ3n) is 5.09. The molecule has 0 aromatic heterocycles. The van der Waals surface area contributed by atoms with E-state index in [2.05, 4.69) is 10.1 Å². The lowest BCUT2D eigenvalue weighted by Gasteiger charge is -2.11. The van der Waals surface area contributed by atoms with Gasteiger partial charge < -0.3 is 20.5 Å². The molecule has 3 aromatic rings. The quantitative estimate of drug-likeness (QED) is 0.422. The van der Waals surface area contributed by atoms with Crippen LogP contribution >= 0.6 is 11.6 Å². The van der Waals surface area contributed by atoms with Crippen LogP contribution in [-0.2, 0) is 20.7 Å². The summed E-state index contributed by atoms with van der Waals surface area (Å²) >= 11 is 6.43. The Labute approximate surface area is 190 Å². The summed E-state index contributed by atoms with van der Waals surface area (Å²) < 4.78 is 10.5. The molecule has 1 atom stereocenters. The highest BCUT2D eigenvalue weighted by Crippen LogP contribution is 2.35. The first-order valence-electron chi connectivity index (χ1n) is 9.97. The molecule has 1 heterocycles. The van der Waals surface area contributed by atoms with Crippen LogP contribution in [0.25, 0.3) is 11.6 Å². The molecule has 0 saturated carbocycles. The number of hydrogen-bond donors (Lipinski definition) is 2. The summed E-state index contributed by atoms with van der Waals surface area (Å²) in [5.41, 5.74) is 9.72.